The summed E-state index contributed by atoms with van der Waals surface area (Å²) in [6, 6.07) is 16.0. The van der Waals surface area contributed by atoms with E-state index in [1.54, 1.807) is 7.11 Å². The number of ether oxygens (including phenoxy) is 2. The van der Waals surface area contributed by atoms with E-state index in [0.717, 1.165) is 28.0 Å². The summed E-state index contributed by atoms with van der Waals surface area (Å²) < 4.78 is 11.0. The second kappa shape index (κ2) is 6.45. The van der Waals surface area contributed by atoms with Crippen LogP contribution in [0.5, 0.6) is 11.5 Å². The van der Waals surface area contributed by atoms with Gasteiger partial charge in [-0.3, -0.25) is 0 Å². The van der Waals surface area contributed by atoms with E-state index in [2.05, 4.69) is 28.1 Å². The van der Waals surface area contributed by atoms with Gasteiger partial charge in [0.05, 0.1) is 7.11 Å². The second-order valence-electron chi connectivity index (χ2n) is 3.88. The van der Waals surface area contributed by atoms with E-state index in [9.17, 15) is 0 Å². The van der Waals surface area contributed by atoms with Crippen LogP contribution in [-0.2, 0) is 11.9 Å². The van der Waals surface area contributed by atoms with Crippen molar-refractivity contribution in [2.45, 2.75) is 11.9 Å². The molecule has 0 radical (unpaired) electrons. The molecule has 0 saturated carbocycles. The number of rotatable bonds is 5. The number of halogens is 1. The average Bonchev–Trinajstić information content (AvgIpc) is 2.46. The van der Waals surface area contributed by atoms with E-state index in [-0.39, 0.29) is 0 Å². The zero-order valence-corrected chi connectivity index (χ0v) is 11.8. The van der Waals surface area contributed by atoms with Gasteiger partial charge >= 0.3 is 0 Å². The van der Waals surface area contributed by atoms with Gasteiger partial charge in [-0.2, -0.15) is 0 Å². The normalized spacial score (nSPS) is 10.1. The molecule has 0 aliphatic rings. The zero-order chi connectivity index (χ0) is 12.8. The lowest BCUT2D eigenvalue weighted by atomic mass is 10.2. The van der Waals surface area contributed by atoms with E-state index in [0.29, 0.717) is 6.61 Å². The molecule has 0 fully saturated rings. The number of hydrogen-bond acceptors (Lipinski definition) is 2. The Morgan fingerprint density at radius 1 is 1.06 bits per heavy atom. The Balaban J connectivity index is 2.09. The number of alkyl halides is 1. The minimum atomic E-state index is 0.577. The Kier molecular flexibility index (Phi) is 4.65. The Labute approximate surface area is 116 Å². The third kappa shape index (κ3) is 3.26. The van der Waals surface area contributed by atoms with Crippen LogP contribution in [0.25, 0.3) is 0 Å². The number of methoxy groups -OCH3 is 1. The highest BCUT2D eigenvalue weighted by Gasteiger charge is 2.05. The Morgan fingerprint density at radius 3 is 2.50 bits per heavy atom. The predicted octanol–water partition coefficient (Wildman–Crippen LogP) is 4.17. The Bertz CT molecular complexity index is 497. The van der Waals surface area contributed by atoms with E-state index < -0.39 is 0 Å². The largest absolute Gasteiger partial charge is 0.497 e. The molecule has 2 aromatic rings. The summed E-state index contributed by atoms with van der Waals surface area (Å²) in [6.45, 7) is 0.577. The maximum atomic E-state index is 5.83. The van der Waals surface area contributed by atoms with Gasteiger partial charge in [0.15, 0.2) is 0 Å². The van der Waals surface area contributed by atoms with Gasteiger partial charge in [-0.15, -0.1) is 0 Å². The van der Waals surface area contributed by atoms with Gasteiger partial charge in [0.2, 0.25) is 0 Å². The first kappa shape index (κ1) is 13.0. The fraction of sp³-hybridized carbons (Fsp3) is 0.200. The molecule has 0 atom stereocenters. The molecule has 0 aliphatic carbocycles. The maximum Gasteiger partial charge on any atom is 0.124 e. The smallest absolute Gasteiger partial charge is 0.124 e. The van der Waals surface area contributed by atoms with Crippen LogP contribution in [0.1, 0.15) is 11.1 Å². The van der Waals surface area contributed by atoms with E-state index in [4.69, 9.17) is 9.47 Å². The molecule has 2 aromatic carbocycles. The lowest BCUT2D eigenvalue weighted by Crippen LogP contribution is -1.98. The second-order valence-corrected chi connectivity index (χ2v) is 4.44. The third-order valence-electron chi connectivity index (χ3n) is 2.65. The van der Waals surface area contributed by atoms with Gasteiger partial charge in [0.25, 0.3) is 0 Å². The maximum absolute atomic E-state index is 5.83. The van der Waals surface area contributed by atoms with Gasteiger partial charge in [-0.1, -0.05) is 46.3 Å². The topological polar surface area (TPSA) is 18.5 Å². The van der Waals surface area contributed by atoms with Gasteiger partial charge in [0.1, 0.15) is 18.1 Å². The lowest BCUT2D eigenvalue weighted by molar-refractivity contribution is 0.303. The molecule has 0 saturated heterocycles. The minimum absolute atomic E-state index is 0.577. The molecular formula is C15H15BrO2. The molecule has 0 aromatic heterocycles. The molecule has 2 rings (SSSR count). The molecule has 94 valence electrons. The standard InChI is InChI=1S/C15H15BrO2/c1-17-14-7-8-15(13(9-14)10-16)18-11-12-5-3-2-4-6-12/h2-9H,10-11H2,1H3. The Hall–Kier alpha value is -1.48. The van der Waals surface area contributed by atoms with Gasteiger partial charge in [-0.05, 0) is 23.8 Å². The summed E-state index contributed by atoms with van der Waals surface area (Å²) in [5, 5.41) is 0.744. The van der Waals surface area contributed by atoms with Crippen molar-refractivity contribution >= 4 is 15.9 Å². The molecule has 0 N–H and O–H groups in total. The van der Waals surface area contributed by atoms with Crippen LogP contribution in [0, 0.1) is 0 Å². The van der Waals surface area contributed by atoms with E-state index in [1.807, 2.05) is 36.4 Å². The van der Waals surface area contributed by atoms with Crippen LogP contribution in [0.2, 0.25) is 0 Å². The third-order valence-corrected chi connectivity index (χ3v) is 3.25. The van der Waals surface area contributed by atoms with Crippen molar-refractivity contribution in [3.8, 4) is 11.5 Å². The summed E-state index contributed by atoms with van der Waals surface area (Å²) in [6.07, 6.45) is 0. The van der Waals surface area contributed by atoms with Crippen LogP contribution in [0.4, 0.5) is 0 Å². The van der Waals surface area contributed by atoms with Crippen LogP contribution in [0.15, 0.2) is 48.5 Å². The fourth-order valence-corrected chi connectivity index (χ4v) is 2.10. The molecule has 0 aliphatic heterocycles. The highest BCUT2D eigenvalue weighted by atomic mass is 79.9. The highest BCUT2D eigenvalue weighted by molar-refractivity contribution is 9.08. The van der Waals surface area contributed by atoms with Crippen LogP contribution in [0.3, 0.4) is 0 Å². The van der Waals surface area contributed by atoms with Gasteiger partial charge in [-0.25, -0.2) is 0 Å². The summed E-state index contributed by atoms with van der Waals surface area (Å²) >= 11 is 3.46. The average molecular weight is 307 g/mol. The van der Waals surface area contributed by atoms with Crippen LogP contribution < -0.4 is 9.47 Å². The molecule has 2 nitrogen and oxygen atoms in total. The van der Waals surface area contributed by atoms with Crippen molar-refractivity contribution in [2.24, 2.45) is 0 Å². The minimum Gasteiger partial charge on any atom is -0.497 e. The SMILES string of the molecule is COc1ccc(OCc2ccccc2)c(CBr)c1. The van der Waals surface area contributed by atoms with Gasteiger partial charge < -0.3 is 9.47 Å². The van der Waals surface area contributed by atoms with Crippen molar-refractivity contribution in [2.75, 3.05) is 7.11 Å². The fourth-order valence-electron chi connectivity index (χ4n) is 1.66. The molecular weight excluding hydrogens is 292 g/mol. The summed E-state index contributed by atoms with van der Waals surface area (Å²) in [4.78, 5) is 0. The Morgan fingerprint density at radius 2 is 1.83 bits per heavy atom. The summed E-state index contributed by atoms with van der Waals surface area (Å²) in [5.41, 5.74) is 2.25. The highest BCUT2D eigenvalue weighted by Crippen LogP contribution is 2.26. The lowest BCUT2D eigenvalue weighted by Gasteiger charge is -2.11. The summed E-state index contributed by atoms with van der Waals surface area (Å²) in [5.74, 6) is 1.73. The quantitative estimate of drug-likeness (QED) is 0.772. The molecule has 0 bridgehead atoms. The van der Waals surface area contributed by atoms with Crippen LogP contribution in [-0.4, -0.2) is 7.11 Å². The first-order valence-electron chi connectivity index (χ1n) is 5.73. The molecule has 0 unspecified atom stereocenters. The van der Waals surface area contributed by atoms with E-state index >= 15 is 0 Å². The first-order valence-corrected chi connectivity index (χ1v) is 6.85. The molecule has 0 heterocycles. The number of benzene rings is 2. The molecule has 18 heavy (non-hydrogen) atoms. The first-order chi connectivity index (χ1) is 8.83. The number of hydrogen-bond donors (Lipinski definition) is 0. The van der Waals surface area contributed by atoms with Crippen molar-refractivity contribution in [1.82, 2.24) is 0 Å². The molecule has 3 heteroatoms. The van der Waals surface area contributed by atoms with Crippen LogP contribution >= 0.6 is 15.9 Å². The zero-order valence-electron chi connectivity index (χ0n) is 10.2. The predicted molar refractivity (Wildman–Crippen MR) is 76.4 cm³/mol. The van der Waals surface area contributed by atoms with Crippen molar-refractivity contribution in [1.29, 1.82) is 0 Å². The summed E-state index contributed by atoms with van der Waals surface area (Å²) in [7, 11) is 1.66. The van der Waals surface area contributed by atoms with Crippen molar-refractivity contribution < 1.29 is 9.47 Å². The van der Waals surface area contributed by atoms with Gasteiger partial charge in [0, 0.05) is 10.9 Å². The van der Waals surface area contributed by atoms with Crippen molar-refractivity contribution in [3.63, 3.8) is 0 Å². The molecule has 0 spiro atoms. The van der Waals surface area contributed by atoms with Crippen molar-refractivity contribution in [3.05, 3.63) is 59.7 Å². The molecule has 0 amide bonds. The van der Waals surface area contributed by atoms with E-state index in [1.165, 1.54) is 0 Å². The monoisotopic (exact) mass is 306 g/mol.